The van der Waals surface area contributed by atoms with Crippen LogP contribution in [0.3, 0.4) is 0 Å². The maximum absolute atomic E-state index is 13.2. The number of nitrogens with two attached hydrogens (primary N) is 1. The lowest BCUT2D eigenvalue weighted by molar-refractivity contribution is -0.0510. The number of hydrogen-bond acceptors (Lipinski definition) is 3. The molecule has 94 valence electrons. The maximum atomic E-state index is 13.2. The Hall–Kier alpha value is -1.10. The Labute approximate surface area is 99.5 Å². The first-order valence-corrected chi connectivity index (χ1v) is 5.84. The van der Waals surface area contributed by atoms with Crippen LogP contribution in [0.25, 0.3) is 0 Å². The molecule has 0 saturated heterocycles. The van der Waals surface area contributed by atoms with Gasteiger partial charge in [0, 0.05) is 36.7 Å². The largest absolute Gasteiger partial charge is 0.330 e. The number of rotatable bonds is 2. The highest BCUT2D eigenvalue weighted by Gasteiger charge is 2.44. The lowest BCUT2D eigenvalue weighted by atomic mass is 9.68. The van der Waals surface area contributed by atoms with Gasteiger partial charge in [-0.2, -0.15) is 0 Å². The fourth-order valence-corrected chi connectivity index (χ4v) is 2.59. The lowest BCUT2D eigenvalue weighted by Gasteiger charge is -2.40. The summed E-state index contributed by atoms with van der Waals surface area (Å²) in [6.45, 7) is 2.25. The molecular weight excluding hydrogens is 224 g/mol. The van der Waals surface area contributed by atoms with Crippen LogP contribution in [0.4, 0.5) is 8.78 Å². The average molecular weight is 241 g/mol. The number of alkyl halides is 2. The van der Waals surface area contributed by atoms with Crippen LogP contribution in [0, 0.1) is 6.92 Å². The SMILES string of the molecule is Cc1ncncc1C1(CN)CCC(F)(F)CC1. The smallest absolute Gasteiger partial charge is 0.248 e. The average Bonchev–Trinajstić information content (AvgIpc) is 2.31. The first-order valence-electron chi connectivity index (χ1n) is 5.84. The normalized spacial score (nSPS) is 22.4. The van der Waals surface area contributed by atoms with Gasteiger partial charge in [-0.1, -0.05) is 0 Å². The molecule has 0 aromatic carbocycles. The van der Waals surface area contributed by atoms with Crippen LogP contribution >= 0.6 is 0 Å². The second kappa shape index (κ2) is 4.29. The molecule has 2 rings (SSSR count). The van der Waals surface area contributed by atoms with Crippen molar-refractivity contribution in [2.45, 2.75) is 43.9 Å². The van der Waals surface area contributed by atoms with E-state index in [9.17, 15) is 8.78 Å². The van der Waals surface area contributed by atoms with Crippen molar-refractivity contribution in [2.75, 3.05) is 6.54 Å². The third kappa shape index (κ3) is 2.29. The fourth-order valence-electron chi connectivity index (χ4n) is 2.59. The summed E-state index contributed by atoms with van der Waals surface area (Å²) in [4.78, 5) is 8.13. The zero-order valence-corrected chi connectivity index (χ0v) is 9.92. The molecule has 2 N–H and O–H groups in total. The summed E-state index contributed by atoms with van der Waals surface area (Å²) in [5, 5.41) is 0. The number of hydrogen-bond donors (Lipinski definition) is 1. The van der Waals surface area contributed by atoms with Crippen molar-refractivity contribution in [3.63, 3.8) is 0 Å². The molecule has 0 aliphatic heterocycles. The predicted molar refractivity (Wildman–Crippen MR) is 60.9 cm³/mol. The Morgan fingerprint density at radius 1 is 1.29 bits per heavy atom. The van der Waals surface area contributed by atoms with Crippen molar-refractivity contribution >= 4 is 0 Å². The van der Waals surface area contributed by atoms with Crippen LogP contribution in [0.5, 0.6) is 0 Å². The number of aromatic nitrogens is 2. The van der Waals surface area contributed by atoms with Gasteiger partial charge in [0.05, 0.1) is 0 Å². The van der Waals surface area contributed by atoms with E-state index < -0.39 is 5.92 Å². The summed E-state index contributed by atoms with van der Waals surface area (Å²) >= 11 is 0. The van der Waals surface area contributed by atoms with E-state index in [-0.39, 0.29) is 18.3 Å². The summed E-state index contributed by atoms with van der Waals surface area (Å²) < 4.78 is 26.5. The van der Waals surface area contributed by atoms with E-state index in [4.69, 9.17) is 5.73 Å². The van der Waals surface area contributed by atoms with Gasteiger partial charge in [0.2, 0.25) is 5.92 Å². The van der Waals surface area contributed by atoms with Gasteiger partial charge in [0.15, 0.2) is 0 Å². The first kappa shape index (κ1) is 12.4. The zero-order valence-electron chi connectivity index (χ0n) is 9.92. The third-order valence-corrected chi connectivity index (χ3v) is 3.81. The first-order chi connectivity index (χ1) is 7.99. The van der Waals surface area contributed by atoms with Crippen molar-refractivity contribution < 1.29 is 8.78 Å². The zero-order chi connectivity index (χ0) is 12.5. The van der Waals surface area contributed by atoms with Gasteiger partial charge in [-0.25, -0.2) is 18.7 Å². The van der Waals surface area contributed by atoms with Crippen LogP contribution in [-0.4, -0.2) is 22.4 Å². The summed E-state index contributed by atoms with van der Waals surface area (Å²) in [6.07, 6.45) is 3.81. The Kier molecular flexibility index (Phi) is 3.12. The molecule has 0 bridgehead atoms. The lowest BCUT2D eigenvalue weighted by Crippen LogP contribution is -2.42. The molecule has 1 aromatic heterocycles. The van der Waals surface area contributed by atoms with Gasteiger partial charge in [-0.05, 0) is 25.3 Å². The Balaban J connectivity index is 2.31. The summed E-state index contributed by atoms with van der Waals surface area (Å²) in [6, 6.07) is 0. The highest BCUT2D eigenvalue weighted by molar-refractivity contribution is 5.27. The molecule has 1 aromatic rings. The van der Waals surface area contributed by atoms with Crippen LogP contribution in [0.1, 0.15) is 36.9 Å². The van der Waals surface area contributed by atoms with Crippen LogP contribution in [0.15, 0.2) is 12.5 Å². The molecular formula is C12H17F2N3. The van der Waals surface area contributed by atoms with Gasteiger partial charge in [-0.3, -0.25) is 0 Å². The van der Waals surface area contributed by atoms with E-state index in [2.05, 4.69) is 9.97 Å². The van der Waals surface area contributed by atoms with Gasteiger partial charge >= 0.3 is 0 Å². The number of halogens is 2. The van der Waals surface area contributed by atoms with Gasteiger partial charge in [0.1, 0.15) is 6.33 Å². The minimum absolute atomic E-state index is 0.0987. The number of nitrogens with zero attached hydrogens (tertiary/aromatic N) is 2. The van der Waals surface area contributed by atoms with E-state index in [0.717, 1.165) is 11.3 Å². The minimum Gasteiger partial charge on any atom is -0.330 e. The summed E-state index contributed by atoms with van der Waals surface area (Å²) in [5.41, 5.74) is 7.23. The van der Waals surface area contributed by atoms with E-state index >= 15 is 0 Å². The molecule has 0 atom stereocenters. The molecule has 0 unspecified atom stereocenters. The minimum atomic E-state index is -2.54. The van der Waals surface area contributed by atoms with Crippen LogP contribution in [0.2, 0.25) is 0 Å². The van der Waals surface area contributed by atoms with Crippen molar-refractivity contribution in [2.24, 2.45) is 5.73 Å². The second-order valence-electron chi connectivity index (χ2n) is 4.86. The molecule has 1 heterocycles. The molecule has 5 heteroatoms. The molecule has 0 spiro atoms. The third-order valence-electron chi connectivity index (χ3n) is 3.81. The summed E-state index contributed by atoms with van der Waals surface area (Å²) in [5.74, 6) is -2.54. The molecule has 0 radical (unpaired) electrons. The molecule has 1 saturated carbocycles. The van der Waals surface area contributed by atoms with Gasteiger partial charge < -0.3 is 5.73 Å². The quantitative estimate of drug-likeness (QED) is 0.863. The highest BCUT2D eigenvalue weighted by Crippen LogP contribution is 2.45. The Bertz CT molecular complexity index is 396. The topological polar surface area (TPSA) is 51.8 Å². The van der Waals surface area contributed by atoms with Crippen molar-refractivity contribution in [3.8, 4) is 0 Å². The van der Waals surface area contributed by atoms with Crippen LogP contribution < -0.4 is 5.73 Å². The van der Waals surface area contributed by atoms with Gasteiger partial charge in [0.25, 0.3) is 0 Å². The monoisotopic (exact) mass is 241 g/mol. The predicted octanol–water partition coefficient (Wildman–Crippen LogP) is 2.19. The number of aryl methyl sites for hydroxylation is 1. The second-order valence-corrected chi connectivity index (χ2v) is 4.86. The standard InChI is InChI=1S/C12H17F2N3/c1-9-10(6-16-8-17-9)11(7-15)2-4-12(13,14)5-3-11/h6,8H,2-5,7,15H2,1H3. The Morgan fingerprint density at radius 2 is 1.94 bits per heavy atom. The van der Waals surface area contributed by atoms with Gasteiger partial charge in [-0.15, -0.1) is 0 Å². The van der Waals surface area contributed by atoms with Crippen LogP contribution in [-0.2, 0) is 5.41 Å². The molecule has 0 amide bonds. The van der Waals surface area contributed by atoms with E-state index in [1.54, 1.807) is 6.20 Å². The Morgan fingerprint density at radius 3 is 2.47 bits per heavy atom. The highest BCUT2D eigenvalue weighted by atomic mass is 19.3. The van der Waals surface area contributed by atoms with E-state index in [0.29, 0.717) is 19.4 Å². The molecule has 1 fully saturated rings. The van der Waals surface area contributed by atoms with Crippen molar-refractivity contribution in [1.29, 1.82) is 0 Å². The van der Waals surface area contributed by atoms with E-state index in [1.165, 1.54) is 6.33 Å². The maximum Gasteiger partial charge on any atom is 0.248 e. The fraction of sp³-hybridized carbons (Fsp3) is 0.667. The molecule has 3 nitrogen and oxygen atoms in total. The van der Waals surface area contributed by atoms with Crippen molar-refractivity contribution in [1.82, 2.24) is 9.97 Å². The summed E-state index contributed by atoms with van der Waals surface area (Å²) in [7, 11) is 0. The molecule has 17 heavy (non-hydrogen) atoms. The molecule has 1 aliphatic rings. The van der Waals surface area contributed by atoms with Crippen molar-refractivity contribution in [3.05, 3.63) is 23.8 Å². The van der Waals surface area contributed by atoms with E-state index in [1.807, 2.05) is 6.92 Å². The molecule has 1 aliphatic carbocycles.